The Morgan fingerprint density at radius 1 is 1.48 bits per heavy atom. The van der Waals surface area contributed by atoms with Gasteiger partial charge in [-0.15, -0.1) is 23.7 Å². The van der Waals surface area contributed by atoms with Gasteiger partial charge < -0.3 is 15.0 Å². The van der Waals surface area contributed by atoms with Crippen LogP contribution in [0.2, 0.25) is 0 Å². The van der Waals surface area contributed by atoms with E-state index in [2.05, 4.69) is 12.2 Å². The van der Waals surface area contributed by atoms with E-state index >= 15 is 0 Å². The second kappa shape index (κ2) is 8.94. The quantitative estimate of drug-likeness (QED) is 0.820. The molecule has 3 rings (SSSR count). The number of rotatable bonds is 6. The Bertz CT molecular complexity index is 731. The van der Waals surface area contributed by atoms with Crippen LogP contribution in [-0.4, -0.2) is 43.6 Å². The van der Waals surface area contributed by atoms with Crippen LogP contribution in [0, 0.1) is 5.82 Å². The van der Waals surface area contributed by atoms with E-state index in [1.54, 1.807) is 13.2 Å². The van der Waals surface area contributed by atoms with Gasteiger partial charge in [0, 0.05) is 41.9 Å². The molecule has 0 aliphatic carbocycles. The Morgan fingerprint density at radius 3 is 2.92 bits per heavy atom. The van der Waals surface area contributed by atoms with E-state index in [0.29, 0.717) is 22.4 Å². The Hall–Kier alpha value is -1.21. The molecule has 1 fully saturated rings. The molecule has 1 aromatic carbocycles. The minimum Gasteiger partial charge on any atom is -0.380 e. The number of thiophene rings is 1. The van der Waals surface area contributed by atoms with E-state index in [4.69, 9.17) is 4.74 Å². The second-order valence-corrected chi connectivity index (χ2v) is 7.15. The molecule has 1 amide bonds. The minimum atomic E-state index is -0.292. The number of carbonyl (C=O) groups is 1. The molecular formula is C18H24ClFN2O2S. The number of carbonyl (C=O) groups excluding carboxylic acids is 1. The van der Waals surface area contributed by atoms with Crippen molar-refractivity contribution in [3.05, 3.63) is 34.5 Å². The first kappa shape index (κ1) is 20.1. The fraction of sp³-hybridized carbons (Fsp3) is 0.500. The summed E-state index contributed by atoms with van der Waals surface area (Å²) in [5.41, 5.74) is 0.674. The average Bonchev–Trinajstić information content (AvgIpc) is 3.21. The van der Waals surface area contributed by atoms with Gasteiger partial charge in [0.05, 0.1) is 11.5 Å². The largest absolute Gasteiger partial charge is 0.380 e. The Morgan fingerprint density at radius 2 is 2.28 bits per heavy atom. The van der Waals surface area contributed by atoms with Crippen molar-refractivity contribution in [2.45, 2.75) is 32.4 Å². The number of nitrogens with zero attached hydrogens (tertiary/aromatic N) is 1. The lowest BCUT2D eigenvalue weighted by molar-refractivity contribution is 0.0693. The predicted octanol–water partition coefficient (Wildman–Crippen LogP) is 3.82. The molecule has 1 aliphatic heterocycles. The molecule has 0 spiro atoms. The molecule has 0 radical (unpaired) electrons. The Balaban J connectivity index is 0.00000225. The Labute approximate surface area is 157 Å². The molecule has 1 aliphatic rings. The number of nitrogens with one attached hydrogen (secondary N) is 1. The van der Waals surface area contributed by atoms with Crippen molar-refractivity contribution in [1.82, 2.24) is 10.2 Å². The van der Waals surface area contributed by atoms with Crippen molar-refractivity contribution in [3.8, 4) is 0 Å². The molecule has 1 aromatic heterocycles. The zero-order valence-electron chi connectivity index (χ0n) is 14.5. The van der Waals surface area contributed by atoms with Crippen LogP contribution in [0.3, 0.4) is 0 Å². The van der Waals surface area contributed by atoms with Crippen LogP contribution in [0.5, 0.6) is 0 Å². The molecule has 2 aromatic rings. The van der Waals surface area contributed by atoms with Gasteiger partial charge in [0.2, 0.25) is 0 Å². The lowest BCUT2D eigenvalue weighted by Crippen LogP contribution is -2.42. The summed E-state index contributed by atoms with van der Waals surface area (Å²) in [6.07, 6.45) is 1.87. The van der Waals surface area contributed by atoms with Gasteiger partial charge in [0.25, 0.3) is 5.91 Å². The summed E-state index contributed by atoms with van der Waals surface area (Å²) in [5.74, 6) is -0.294. The molecule has 2 heterocycles. The van der Waals surface area contributed by atoms with Gasteiger partial charge in [-0.2, -0.15) is 0 Å². The predicted molar refractivity (Wildman–Crippen MR) is 102 cm³/mol. The van der Waals surface area contributed by atoms with Crippen molar-refractivity contribution in [2.75, 3.05) is 26.7 Å². The SMILES string of the molecule is CCCN(C(=O)c1sc2cccc(F)c2c1COC)C1CCNC1.Cl. The van der Waals surface area contributed by atoms with Gasteiger partial charge in [0.1, 0.15) is 5.82 Å². The van der Waals surface area contributed by atoms with Crippen LogP contribution in [0.1, 0.15) is 35.0 Å². The molecule has 4 nitrogen and oxygen atoms in total. The third kappa shape index (κ3) is 3.97. The number of hydrogen-bond donors (Lipinski definition) is 1. The number of fused-ring (bicyclic) bond motifs is 1. The third-order valence-corrected chi connectivity index (χ3v) is 5.63. The van der Waals surface area contributed by atoms with Crippen LogP contribution < -0.4 is 5.32 Å². The number of ether oxygens (including phenoxy) is 1. The van der Waals surface area contributed by atoms with Crippen LogP contribution in [0.4, 0.5) is 4.39 Å². The fourth-order valence-electron chi connectivity index (χ4n) is 3.35. The van der Waals surface area contributed by atoms with Crippen LogP contribution >= 0.6 is 23.7 Å². The van der Waals surface area contributed by atoms with Gasteiger partial charge in [-0.3, -0.25) is 4.79 Å². The highest BCUT2D eigenvalue weighted by molar-refractivity contribution is 7.21. The van der Waals surface area contributed by atoms with Crippen molar-refractivity contribution < 1.29 is 13.9 Å². The molecular weight excluding hydrogens is 363 g/mol. The van der Waals surface area contributed by atoms with Crippen molar-refractivity contribution >= 4 is 39.7 Å². The lowest BCUT2D eigenvalue weighted by atomic mass is 10.1. The van der Waals surface area contributed by atoms with E-state index < -0.39 is 0 Å². The van der Waals surface area contributed by atoms with E-state index in [-0.39, 0.29) is 36.8 Å². The summed E-state index contributed by atoms with van der Waals surface area (Å²) >= 11 is 1.37. The van der Waals surface area contributed by atoms with Gasteiger partial charge in [0.15, 0.2) is 0 Å². The summed E-state index contributed by atoms with van der Waals surface area (Å²) in [6, 6.07) is 5.19. The fourth-order valence-corrected chi connectivity index (χ4v) is 4.53. The van der Waals surface area contributed by atoms with Gasteiger partial charge in [-0.1, -0.05) is 13.0 Å². The lowest BCUT2D eigenvalue weighted by Gasteiger charge is -2.28. The highest BCUT2D eigenvalue weighted by atomic mass is 35.5. The van der Waals surface area contributed by atoms with E-state index in [0.717, 1.165) is 30.6 Å². The summed E-state index contributed by atoms with van der Waals surface area (Å²) in [5, 5.41) is 3.84. The molecule has 25 heavy (non-hydrogen) atoms. The summed E-state index contributed by atoms with van der Waals surface area (Å²) in [7, 11) is 1.57. The minimum absolute atomic E-state index is 0. The van der Waals surface area contributed by atoms with E-state index in [1.165, 1.54) is 17.4 Å². The standard InChI is InChI=1S/C18H23FN2O2S.ClH/c1-3-9-21(12-7-8-20-10-12)18(22)17-13(11-23-2)16-14(19)5-4-6-15(16)24-17;/h4-6,12,20H,3,7-11H2,1-2H3;1H. The topological polar surface area (TPSA) is 41.6 Å². The normalized spacial score (nSPS) is 16.8. The second-order valence-electron chi connectivity index (χ2n) is 6.10. The first-order valence-electron chi connectivity index (χ1n) is 8.37. The highest BCUT2D eigenvalue weighted by Gasteiger charge is 2.30. The van der Waals surface area contributed by atoms with Gasteiger partial charge in [-0.05, 0) is 31.5 Å². The number of halogens is 2. The van der Waals surface area contributed by atoms with Gasteiger partial charge >= 0.3 is 0 Å². The molecule has 1 N–H and O–H groups in total. The maximum atomic E-state index is 14.3. The van der Waals surface area contributed by atoms with Crippen LogP contribution in [0.25, 0.3) is 10.1 Å². The molecule has 0 saturated carbocycles. The zero-order valence-corrected chi connectivity index (χ0v) is 16.1. The first-order valence-corrected chi connectivity index (χ1v) is 9.19. The number of amides is 1. The maximum Gasteiger partial charge on any atom is 0.264 e. The molecule has 1 atom stereocenters. The van der Waals surface area contributed by atoms with Crippen molar-refractivity contribution in [2.24, 2.45) is 0 Å². The van der Waals surface area contributed by atoms with Crippen LogP contribution in [0.15, 0.2) is 18.2 Å². The molecule has 7 heteroatoms. The van der Waals surface area contributed by atoms with Crippen molar-refractivity contribution in [3.63, 3.8) is 0 Å². The molecule has 1 unspecified atom stereocenters. The highest BCUT2D eigenvalue weighted by Crippen LogP contribution is 2.35. The van der Waals surface area contributed by atoms with E-state index in [1.807, 2.05) is 11.0 Å². The smallest absolute Gasteiger partial charge is 0.264 e. The number of hydrogen-bond acceptors (Lipinski definition) is 4. The third-order valence-electron chi connectivity index (χ3n) is 4.45. The summed E-state index contributed by atoms with van der Waals surface area (Å²) in [4.78, 5) is 15.8. The van der Waals surface area contributed by atoms with Crippen LogP contribution in [-0.2, 0) is 11.3 Å². The molecule has 0 bridgehead atoms. The zero-order chi connectivity index (χ0) is 17.1. The van der Waals surface area contributed by atoms with E-state index in [9.17, 15) is 9.18 Å². The molecule has 138 valence electrons. The summed E-state index contributed by atoms with van der Waals surface area (Å²) in [6.45, 7) is 4.79. The number of benzene rings is 1. The Kier molecular flexibility index (Phi) is 7.19. The number of methoxy groups -OCH3 is 1. The van der Waals surface area contributed by atoms with Gasteiger partial charge in [-0.25, -0.2) is 4.39 Å². The first-order chi connectivity index (χ1) is 11.7. The maximum absolute atomic E-state index is 14.3. The molecule has 1 saturated heterocycles. The van der Waals surface area contributed by atoms with Crippen molar-refractivity contribution in [1.29, 1.82) is 0 Å². The monoisotopic (exact) mass is 386 g/mol. The summed E-state index contributed by atoms with van der Waals surface area (Å²) < 4.78 is 20.4. The average molecular weight is 387 g/mol.